The van der Waals surface area contributed by atoms with Crippen LogP contribution in [-0.2, 0) is 19.7 Å². The second-order valence-corrected chi connectivity index (χ2v) is 10.1. The molecule has 2 aliphatic carbocycles. The molecule has 1 aliphatic heterocycles. The fourth-order valence-electron chi connectivity index (χ4n) is 6.18. The standard InChI is InChI=1S/C26H37NO5/c1-5-32-24(29)12-20-14-26(30)18(3)27(16-19-7-8-19)11-10-25(26,15-23(20)28)22-13-21(31-4)9-6-17(22)2/h6,9,13,18-20,30H,5,7-8,10-12,14-16H2,1-4H3. The van der Waals surface area contributed by atoms with Gasteiger partial charge in [0.2, 0.25) is 0 Å². The van der Waals surface area contributed by atoms with Crippen LogP contribution in [0.1, 0.15) is 63.5 Å². The summed E-state index contributed by atoms with van der Waals surface area (Å²) in [4.78, 5) is 28.0. The molecule has 3 fully saturated rings. The monoisotopic (exact) mass is 443 g/mol. The number of aliphatic hydroxyl groups is 1. The maximum Gasteiger partial charge on any atom is 0.306 e. The first-order valence-corrected chi connectivity index (χ1v) is 12.0. The fraction of sp³-hybridized carbons (Fsp3) is 0.692. The molecule has 0 spiro atoms. The van der Waals surface area contributed by atoms with Crippen LogP contribution in [0.4, 0.5) is 0 Å². The number of likely N-dealkylation sites (tertiary alicyclic amines) is 1. The van der Waals surface area contributed by atoms with Crippen LogP contribution in [0.25, 0.3) is 0 Å². The van der Waals surface area contributed by atoms with E-state index in [1.54, 1.807) is 14.0 Å². The SMILES string of the molecule is CCOC(=O)CC1CC2(O)C(C)N(CC3CC3)CCC2(c2cc(OC)ccc2C)CC1=O. The van der Waals surface area contributed by atoms with Gasteiger partial charge in [0.1, 0.15) is 11.5 Å². The number of benzene rings is 1. The number of carbonyl (C=O) groups excluding carboxylic acids is 2. The Kier molecular flexibility index (Phi) is 6.38. The highest BCUT2D eigenvalue weighted by atomic mass is 16.5. The number of carbonyl (C=O) groups is 2. The van der Waals surface area contributed by atoms with Crippen molar-refractivity contribution in [2.75, 3.05) is 26.8 Å². The summed E-state index contributed by atoms with van der Waals surface area (Å²) in [7, 11) is 1.64. The van der Waals surface area contributed by atoms with Crippen LogP contribution < -0.4 is 4.74 Å². The highest BCUT2D eigenvalue weighted by Gasteiger charge is 2.63. The Morgan fingerprint density at radius 2 is 2.06 bits per heavy atom. The number of ketones is 1. The molecule has 32 heavy (non-hydrogen) atoms. The van der Waals surface area contributed by atoms with E-state index in [4.69, 9.17) is 9.47 Å². The van der Waals surface area contributed by atoms with Crippen molar-refractivity contribution in [3.63, 3.8) is 0 Å². The van der Waals surface area contributed by atoms with Gasteiger partial charge in [-0.3, -0.25) is 14.5 Å². The third kappa shape index (κ3) is 3.96. The highest BCUT2D eigenvalue weighted by Crippen LogP contribution is 2.56. The Morgan fingerprint density at radius 3 is 2.72 bits per heavy atom. The molecule has 1 N–H and O–H groups in total. The van der Waals surface area contributed by atoms with E-state index in [0.717, 1.165) is 30.0 Å². The molecule has 1 saturated heterocycles. The molecule has 1 aromatic carbocycles. The van der Waals surface area contributed by atoms with Crippen LogP contribution >= 0.6 is 0 Å². The number of nitrogens with zero attached hydrogens (tertiary/aromatic N) is 1. The summed E-state index contributed by atoms with van der Waals surface area (Å²) in [6.45, 7) is 8.05. The summed E-state index contributed by atoms with van der Waals surface area (Å²) in [5, 5.41) is 12.5. The van der Waals surface area contributed by atoms with Crippen molar-refractivity contribution in [3.05, 3.63) is 29.3 Å². The van der Waals surface area contributed by atoms with E-state index in [1.165, 1.54) is 12.8 Å². The number of rotatable bonds is 7. The Labute approximate surface area is 191 Å². The number of methoxy groups -OCH3 is 1. The molecular weight excluding hydrogens is 406 g/mol. The molecule has 4 unspecified atom stereocenters. The molecule has 1 aromatic rings. The van der Waals surface area contributed by atoms with Crippen molar-refractivity contribution in [2.45, 2.75) is 76.4 Å². The number of ether oxygens (including phenoxy) is 2. The number of hydrogen-bond donors (Lipinski definition) is 1. The van der Waals surface area contributed by atoms with E-state index >= 15 is 0 Å². The Morgan fingerprint density at radius 1 is 1.31 bits per heavy atom. The van der Waals surface area contributed by atoms with Crippen molar-refractivity contribution < 1.29 is 24.2 Å². The van der Waals surface area contributed by atoms with E-state index in [2.05, 4.69) is 11.8 Å². The average Bonchev–Trinajstić information content (AvgIpc) is 3.57. The normalized spacial score (nSPS) is 33.0. The lowest BCUT2D eigenvalue weighted by Crippen LogP contribution is -2.71. The van der Waals surface area contributed by atoms with Crippen molar-refractivity contribution in [1.29, 1.82) is 0 Å². The maximum absolute atomic E-state index is 13.4. The van der Waals surface area contributed by atoms with E-state index in [0.29, 0.717) is 18.9 Å². The van der Waals surface area contributed by atoms with Gasteiger partial charge in [-0.2, -0.15) is 0 Å². The van der Waals surface area contributed by atoms with E-state index < -0.39 is 16.9 Å². The van der Waals surface area contributed by atoms with Crippen LogP contribution in [0.2, 0.25) is 0 Å². The molecule has 0 amide bonds. The first-order chi connectivity index (χ1) is 15.2. The van der Waals surface area contributed by atoms with Gasteiger partial charge in [0.15, 0.2) is 0 Å². The number of piperidine rings is 1. The first-order valence-electron chi connectivity index (χ1n) is 12.0. The Hall–Kier alpha value is -1.92. The van der Waals surface area contributed by atoms with E-state index in [1.807, 2.05) is 25.1 Å². The minimum Gasteiger partial charge on any atom is -0.497 e. The molecule has 1 heterocycles. The molecule has 0 aromatic heterocycles. The minimum absolute atomic E-state index is 0.0392. The first kappa shape index (κ1) is 23.2. The van der Waals surface area contributed by atoms with Crippen LogP contribution in [0.3, 0.4) is 0 Å². The zero-order valence-corrected chi connectivity index (χ0v) is 19.9. The quantitative estimate of drug-likeness (QED) is 0.651. The largest absolute Gasteiger partial charge is 0.497 e. The fourth-order valence-corrected chi connectivity index (χ4v) is 6.18. The molecule has 0 bridgehead atoms. The number of esters is 1. The van der Waals surface area contributed by atoms with Crippen molar-refractivity contribution in [1.82, 2.24) is 4.90 Å². The smallest absolute Gasteiger partial charge is 0.306 e. The molecular formula is C26H37NO5. The van der Waals surface area contributed by atoms with Gasteiger partial charge in [-0.15, -0.1) is 0 Å². The lowest BCUT2D eigenvalue weighted by atomic mass is 9.51. The molecule has 4 atom stereocenters. The molecule has 3 aliphatic rings. The number of Topliss-reactive ketones (excluding diaryl/α,β-unsaturated/α-hetero) is 1. The van der Waals surface area contributed by atoms with Crippen LogP contribution in [0, 0.1) is 18.8 Å². The number of fused-ring (bicyclic) bond motifs is 1. The molecule has 4 rings (SSSR count). The van der Waals surface area contributed by atoms with Gasteiger partial charge in [0.05, 0.1) is 25.7 Å². The predicted molar refractivity (Wildman–Crippen MR) is 122 cm³/mol. The van der Waals surface area contributed by atoms with Gasteiger partial charge in [0, 0.05) is 30.3 Å². The predicted octanol–water partition coefficient (Wildman–Crippen LogP) is 3.41. The summed E-state index contributed by atoms with van der Waals surface area (Å²) in [6.07, 6.45) is 3.79. The topological polar surface area (TPSA) is 76.1 Å². The summed E-state index contributed by atoms with van der Waals surface area (Å²) >= 11 is 0. The summed E-state index contributed by atoms with van der Waals surface area (Å²) in [6, 6.07) is 5.83. The third-order valence-electron chi connectivity index (χ3n) is 8.25. The summed E-state index contributed by atoms with van der Waals surface area (Å²) < 4.78 is 10.6. The average molecular weight is 444 g/mol. The van der Waals surface area contributed by atoms with Crippen LogP contribution in [0.15, 0.2) is 18.2 Å². The van der Waals surface area contributed by atoms with Gasteiger partial charge in [-0.25, -0.2) is 0 Å². The van der Waals surface area contributed by atoms with Gasteiger partial charge in [-0.1, -0.05) is 6.07 Å². The lowest BCUT2D eigenvalue weighted by molar-refractivity contribution is -0.177. The van der Waals surface area contributed by atoms with Crippen LogP contribution in [-0.4, -0.2) is 60.2 Å². The van der Waals surface area contributed by atoms with Crippen LogP contribution in [0.5, 0.6) is 5.75 Å². The van der Waals surface area contributed by atoms with Crippen molar-refractivity contribution in [3.8, 4) is 5.75 Å². The maximum atomic E-state index is 13.4. The molecule has 2 saturated carbocycles. The van der Waals surface area contributed by atoms with E-state index in [-0.39, 0.29) is 37.1 Å². The summed E-state index contributed by atoms with van der Waals surface area (Å²) in [5.74, 6) is 0.621. The zero-order valence-electron chi connectivity index (χ0n) is 19.9. The lowest BCUT2D eigenvalue weighted by Gasteiger charge is -2.61. The number of aryl methyl sites for hydroxylation is 1. The van der Waals surface area contributed by atoms with Gasteiger partial charge in [0.25, 0.3) is 0 Å². The zero-order chi connectivity index (χ0) is 23.1. The number of hydrogen-bond acceptors (Lipinski definition) is 6. The highest BCUT2D eigenvalue weighted by molar-refractivity contribution is 5.88. The van der Waals surface area contributed by atoms with E-state index in [9.17, 15) is 14.7 Å². The summed E-state index contributed by atoms with van der Waals surface area (Å²) in [5.41, 5.74) is 0.249. The molecule has 176 valence electrons. The molecule has 0 radical (unpaired) electrons. The Bertz CT molecular complexity index is 881. The Balaban J connectivity index is 1.75. The van der Waals surface area contributed by atoms with Gasteiger partial charge >= 0.3 is 5.97 Å². The second-order valence-electron chi connectivity index (χ2n) is 10.1. The van der Waals surface area contributed by atoms with Crippen molar-refractivity contribution >= 4 is 11.8 Å². The van der Waals surface area contributed by atoms with Gasteiger partial charge < -0.3 is 14.6 Å². The van der Waals surface area contributed by atoms with Gasteiger partial charge in [-0.05, 0) is 82.2 Å². The second kappa shape index (κ2) is 8.79. The minimum atomic E-state index is -1.12. The van der Waals surface area contributed by atoms with Crippen molar-refractivity contribution in [2.24, 2.45) is 11.8 Å². The third-order valence-corrected chi connectivity index (χ3v) is 8.25. The molecule has 6 heteroatoms. The molecule has 6 nitrogen and oxygen atoms in total.